The van der Waals surface area contributed by atoms with Crippen LogP contribution in [0.1, 0.15) is 44.7 Å². The molecule has 2 aliphatic rings. The molecule has 3 N–H and O–H groups in total. The summed E-state index contributed by atoms with van der Waals surface area (Å²) < 4.78 is 0. The molecule has 3 rings (SSSR count). The van der Waals surface area contributed by atoms with Crippen molar-refractivity contribution in [3.63, 3.8) is 0 Å². The average Bonchev–Trinajstić information content (AvgIpc) is 3.29. The Hall–Kier alpha value is -1.36. The molecule has 1 unspecified atom stereocenters. The van der Waals surface area contributed by atoms with E-state index >= 15 is 0 Å². The van der Waals surface area contributed by atoms with Gasteiger partial charge in [0.1, 0.15) is 5.82 Å². The third-order valence-electron chi connectivity index (χ3n) is 4.43. The zero-order valence-electron chi connectivity index (χ0n) is 13.0. The molecule has 116 valence electrons. The van der Waals surface area contributed by atoms with Gasteiger partial charge in [-0.15, -0.1) is 0 Å². The van der Waals surface area contributed by atoms with E-state index in [4.69, 9.17) is 5.73 Å². The molecule has 1 atom stereocenters. The highest BCUT2D eigenvalue weighted by Gasteiger charge is 2.25. The summed E-state index contributed by atoms with van der Waals surface area (Å²) in [7, 11) is 0. The Morgan fingerprint density at radius 3 is 2.95 bits per heavy atom. The molecule has 0 radical (unpaired) electrons. The minimum atomic E-state index is 0.406. The molecule has 5 heteroatoms. The fourth-order valence-electron chi connectivity index (χ4n) is 3.06. The normalized spacial score (nSPS) is 22.5. The number of anilines is 2. The zero-order chi connectivity index (χ0) is 14.7. The summed E-state index contributed by atoms with van der Waals surface area (Å²) in [4.78, 5) is 11.1. The second-order valence-electron chi connectivity index (χ2n) is 6.46. The lowest BCUT2D eigenvalue weighted by molar-refractivity contribution is 0.414. The van der Waals surface area contributed by atoms with Crippen molar-refractivity contribution in [2.45, 2.75) is 51.5 Å². The van der Waals surface area contributed by atoms with Crippen LogP contribution in [0.25, 0.3) is 0 Å². The maximum Gasteiger partial charge on any atom is 0.222 e. The molecule has 1 aliphatic carbocycles. The van der Waals surface area contributed by atoms with Crippen molar-refractivity contribution in [3.8, 4) is 0 Å². The van der Waals surface area contributed by atoms with E-state index in [2.05, 4.69) is 33.2 Å². The third kappa shape index (κ3) is 4.06. The maximum atomic E-state index is 5.87. The number of nitrogens with two attached hydrogens (primary N) is 1. The topological polar surface area (TPSA) is 67.1 Å². The molecule has 2 heterocycles. The lowest BCUT2D eigenvalue weighted by Crippen LogP contribution is -2.46. The van der Waals surface area contributed by atoms with Crippen molar-refractivity contribution in [1.82, 2.24) is 15.3 Å². The number of nitrogens with one attached hydrogen (secondary N) is 1. The molecule has 1 saturated carbocycles. The maximum absolute atomic E-state index is 5.87. The van der Waals surface area contributed by atoms with Crippen LogP contribution in [0, 0.1) is 5.92 Å². The average molecular weight is 289 g/mol. The molecule has 21 heavy (non-hydrogen) atoms. The second kappa shape index (κ2) is 6.60. The highest BCUT2D eigenvalue weighted by Crippen LogP contribution is 2.28. The number of hydrogen-bond acceptors (Lipinski definition) is 5. The zero-order valence-corrected chi connectivity index (χ0v) is 13.0. The SMILES string of the molecule is CCCc1cc(N2CCCC(NCC3CC3)C2)nc(N)n1. The number of hydrogen-bond donors (Lipinski definition) is 2. The Kier molecular flexibility index (Phi) is 4.58. The van der Waals surface area contributed by atoms with E-state index < -0.39 is 0 Å². The van der Waals surface area contributed by atoms with Gasteiger partial charge in [0.25, 0.3) is 0 Å². The lowest BCUT2D eigenvalue weighted by atomic mass is 10.1. The minimum Gasteiger partial charge on any atom is -0.368 e. The van der Waals surface area contributed by atoms with E-state index in [9.17, 15) is 0 Å². The van der Waals surface area contributed by atoms with Gasteiger partial charge in [-0.1, -0.05) is 13.3 Å². The van der Waals surface area contributed by atoms with Gasteiger partial charge in [-0.2, -0.15) is 4.98 Å². The molecule has 1 saturated heterocycles. The Morgan fingerprint density at radius 2 is 2.19 bits per heavy atom. The number of aromatic nitrogens is 2. The van der Waals surface area contributed by atoms with Crippen LogP contribution in [-0.2, 0) is 6.42 Å². The Bertz CT molecular complexity index is 472. The molecule has 1 aromatic rings. The molecule has 1 aromatic heterocycles. The first-order valence-corrected chi connectivity index (χ1v) is 8.36. The van der Waals surface area contributed by atoms with Crippen LogP contribution in [0.5, 0.6) is 0 Å². The van der Waals surface area contributed by atoms with Gasteiger partial charge in [0.2, 0.25) is 5.95 Å². The summed E-state index contributed by atoms with van der Waals surface area (Å²) in [6, 6.07) is 2.70. The molecule has 1 aliphatic heterocycles. The first-order chi connectivity index (χ1) is 10.2. The van der Waals surface area contributed by atoms with Crippen LogP contribution in [0.4, 0.5) is 11.8 Å². The third-order valence-corrected chi connectivity index (χ3v) is 4.43. The van der Waals surface area contributed by atoms with Crippen LogP contribution in [-0.4, -0.2) is 35.6 Å². The quantitative estimate of drug-likeness (QED) is 0.838. The summed E-state index contributed by atoms with van der Waals surface area (Å²) in [6.45, 7) is 5.46. The molecule has 0 amide bonds. The van der Waals surface area contributed by atoms with E-state index in [0.29, 0.717) is 12.0 Å². The van der Waals surface area contributed by atoms with Crippen molar-refractivity contribution in [2.75, 3.05) is 30.3 Å². The van der Waals surface area contributed by atoms with E-state index in [1.54, 1.807) is 0 Å². The Balaban J connectivity index is 1.63. The summed E-state index contributed by atoms with van der Waals surface area (Å²) in [5.74, 6) is 2.35. The van der Waals surface area contributed by atoms with Crippen molar-refractivity contribution in [3.05, 3.63) is 11.8 Å². The number of nitrogens with zero attached hydrogens (tertiary/aromatic N) is 3. The van der Waals surface area contributed by atoms with Crippen molar-refractivity contribution >= 4 is 11.8 Å². The van der Waals surface area contributed by atoms with Crippen LogP contribution >= 0.6 is 0 Å². The fraction of sp³-hybridized carbons (Fsp3) is 0.750. The predicted molar refractivity (Wildman–Crippen MR) is 86.4 cm³/mol. The number of rotatable bonds is 6. The molecule has 0 spiro atoms. The Morgan fingerprint density at radius 1 is 1.33 bits per heavy atom. The molecule has 0 aromatic carbocycles. The fourth-order valence-corrected chi connectivity index (χ4v) is 3.06. The van der Waals surface area contributed by atoms with Gasteiger partial charge in [0.15, 0.2) is 0 Å². The van der Waals surface area contributed by atoms with Crippen LogP contribution in [0.15, 0.2) is 6.07 Å². The molecular weight excluding hydrogens is 262 g/mol. The first-order valence-electron chi connectivity index (χ1n) is 8.36. The summed E-state index contributed by atoms with van der Waals surface area (Å²) >= 11 is 0. The highest BCUT2D eigenvalue weighted by atomic mass is 15.2. The monoisotopic (exact) mass is 289 g/mol. The number of nitrogen functional groups attached to an aromatic ring is 1. The molecule has 0 bridgehead atoms. The van der Waals surface area contributed by atoms with E-state index in [1.807, 2.05) is 0 Å². The van der Waals surface area contributed by atoms with Gasteiger partial charge in [-0.3, -0.25) is 0 Å². The van der Waals surface area contributed by atoms with Gasteiger partial charge in [-0.25, -0.2) is 4.98 Å². The smallest absolute Gasteiger partial charge is 0.222 e. The van der Waals surface area contributed by atoms with E-state index in [1.165, 1.54) is 32.2 Å². The van der Waals surface area contributed by atoms with E-state index in [0.717, 1.165) is 43.4 Å². The van der Waals surface area contributed by atoms with Crippen LogP contribution in [0.2, 0.25) is 0 Å². The van der Waals surface area contributed by atoms with E-state index in [-0.39, 0.29) is 0 Å². The van der Waals surface area contributed by atoms with Crippen LogP contribution in [0.3, 0.4) is 0 Å². The second-order valence-corrected chi connectivity index (χ2v) is 6.46. The van der Waals surface area contributed by atoms with Gasteiger partial charge in [0.05, 0.1) is 0 Å². The van der Waals surface area contributed by atoms with Crippen molar-refractivity contribution < 1.29 is 0 Å². The molecule has 2 fully saturated rings. The van der Waals surface area contributed by atoms with Gasteiger partial charge < -0.3 is 16.0 Å². The van der Waals surface area contributed by atoms with Crippen LogP contribution < -0.4 is 16.0 Å². The minimum absolute atomic E-state index is 0.406. The first kappa shape index (κ1) is 14.6. The molecular formula is C16H27N5. The summed E-state index contributed by atoms with van der Waals surface area (Å²) in [5, 5.41) is 3.72. The molecule has 5 nitrogen and oxygen atoms in total. The predicted octanol–water partition coefficient (Wildman–Crippen LogP) is 1.98. The van der Waals surface area contributed by atoms with Crippen molar-refractivity contribution in [1.29, 1.82) is 0 Å². The Labute approximate surface area is 127 Å². The summed E-state index contributed by atoms with van der Waals surface area (Å²) in [5.41, 5.74) is 6.94. The number of piperidine rings is 1. The highest BCUT2D eigenvalue weighted by molar-refractivity contribution is 5.44. The van der Waals surface area contributed by atoms with Gasteiger partial charge in [-0.05, 0) is 44.6 Å². The van der Waals surface area contributed by atoms with Gasteiger partial charge >= 0.3 is 0 Å². The summed E-state index contributed by atoms with van der Waals surface area (Å²) in [6.07, 6.45) is 7.36. The van der Waals surface area contributed by atoms with Crippen molar-refractivity contribution in [2.24, 2.45) is 5.92 Å². The standard InChI is InChI=1S/C16H27N5/c1-2-4-13-9-15(20-16(17)19-13)21-8-3-5-14(11-21)18-10-12-6-7-12/h9,12,14,18H,2-8,10-11H2,1H3,(H2,17,19,20). The largest absolute Gasteiger partial charge is 0.368 e. The lowest BCUT2D eigenvalue weighted by Gasteiger charge is -2.34. The number of aryl methyl sites for hydroxylation is 1. The van der Waals surface area contributed by atoms with Gasteiger partial charge in [0, 0.05) is 30.9 Å².